The van der Waals surface area contributed by atoms with Gasteiger partial charge < -0.3 is 16.8 Å². The molecule has 0 aliphatic heterocycles. The molecule has 0 saturated heterocycles. The van der Waals surface area contributed by atoms with Crippen LogP contribution < -0.4 is 16.8 Å². The number of aromatic nitrogens is 2. The monoisotopic (exact) mass is 319 g/mol. The molecule has 0 radical (unpaired) electrons. The number of unbranched alkanes of at least 4 members (excludes halogenated alkanes) is 1. The second kappa shape index (κ2) is 7.98. The first-order valence-electron chi connectivity index (χ1n) is 7.26. The number of nitrogens with zero attached hydrogens (tertiary/aromatic N) is 2. The quantitative estimate of drug-likeness (QED) is 0.676. The number of nitrogens with two attached hydrogens (primary N) is 2. The minimum absolute atomic E-state index is 0.225. The average Bonchev–Trinajstić information content (AvgIpc) is 2.94. The van der Waals surface area contributed by atoms with Gasteiger partial charge in [-0.05, 0) is 38.4 Å². The van der Waals surface area contributed by atoms with Crippen molar-refractivity contribution < 1.29 is 4.79 Å². The summed E-state index contributed by atoms with van der Waals surface area (Å²) in [6.45, 7) is 2.55. The summed E-state index contributed by atoms with van der Waals surface area (Å²) < 4.78 is 0. The molecular formula is C15H21N5OS. The lowest BCUT2D eigenvalue weighted by molar-refractivity contribution is -0.117. The van der Waals surface area contributed by atoms with Crippen LogP contribution in [0.2, 0.25) is 0 Å². The number of rotatable bonds is 7. The summed E-state index contributed by atoms with van der Waals surface area (Å²) in [5, 5.41) is 5.56. The maximum Gasteiger partial charge on any atom is 0.242 e. The molecule has 22 heavy (non-hydrogen) atoms. The third kappa shape index (κ3) is 4.59. The fourth-order valence-electron chi connectivity index (χ4n) is 1.95. The molecule has 2 heterocycles. The number of nitrogens with one attached hydrogen (secondary N) is 1. The Morgan fingerprint density at radius 2 is 2.18 bits per heavy atom. The van der Waals surface area contributed by atoms with Gasteiger partial charge in [0.15, 0.2) is 0 Å². The highest BCUT2D eigenvalue weighted by Gasteiger charge is 2.14. The van der Waals surface area contributed by atoms with Crippen molar-refractivity contribution in [1.82, 2.24) is 9.97 Å². The van der Waals surface area contributed by atoms with Crippen LogP contribution in [0.15, 0.2) is 23.6 Å². The average molecular weight is 319 g/mol. The molecule has 0 bridgehead atoms. The predicted octanol–water partition coefficient (Wildman–Crippen LogP) is 1.91. The van der Waals surface area contributed by atoms with Crippen LogP contribution in [0.3, 0.4) is 0 Å². The van der Waals surface area contributed by atoms with E-state index < -0.39 is 6.04 Å². The Bertz CT molecular complexity index is 628. The molecule has 0 aliphatic rings. The van der Waals surface area contributed by atoms with Crippen molar-refractivity contribution in [2.75, 3.05) is 11.9 Å². The Morgan fingerprint density at radius 1 is 1.36 bits per heavy atom. The number of thiazole rings is 1. The lowest BCUT2D eigenvalue weighted by Crippen LogP contribution is -2.35. The van der Waals surface area contributed by atoms with Crippen LogP contribution in [-0.2, 0) is 4.79 Å². The van der Waals surface area contributed by atoms with E-state index in [0.29, 0.717) is 18.8 Å². The highest BCUT2D eigenvalue weighted by atomic mass is 32.1. The highest BCUT2D eigenvalue weighted by molar-refractivity contribution is 7.13. The van der Waals surface area contributed by atoms with Crippen molar-refractivity contribution in [3.8, 4) is 10.7 Å². The molecule has 0 saturated carbocycles. The van der Waals surface area contributed by atoms with Gasteiger partial charge in [0.05, 0.1) is 6.04 Å². The van der Waals surface area contributed by atoms with Gasteiger partial charge in [-0.15, -0.1) is 11.3 Å². The zero-order valence-corrected chi connectivity index (χ0v) is 13.4. The number of amides is 1. The number of hydrogen-bond donors (Lipinski definition) is 3. The van der Waals surface area contributed by atoms with E-state index in [1.54, 1.807) is 6.07 Å². The Kier molecular flexibility index (Phi) is 6.00. The van der Waals surface area contributed by atoms with Crippen LogP contribution >= 0.6 is 11.3 Å². The van der Waals surface area contributed by atoms with Gasteiger partial charge in [0, 0.05) is 11.1 Å². The second-order valence-corrected chi connectivity index (χ2v) is 5.94. The van der Waals surface area contributed by atoms with E-state index >= 15 is 0 Å². The van der Waals surface area contributed by atoms with Gasteiger partial charge in [-0.1, -0.05) is 12.5 Å². The maximum absolute atomic E-state index is 12.0. The largest absolute Gasteiger partial charge is 0.330 e. The van der Waals surface area contributed by atoms with Crippen molar-refractivity contribution in [3.05, 3.63) is 29.3 Å². The molecule has 0 fully saturated rings. The smallest absolute Gasteiger partial charge is 0.242 e. The third-order valence-corrected chi connectivity index (χ3v) is 4.13. The predicted molar refractivity (Wildman–Crippen MR) is 89.6 cm³/mol. The van der Waals surface area contributed by atoms with Crippen LogP contribution in [0.4, 0.5) is 5.82 Å². The number of hydrogen-bond acceptors (Lipinski definition) is 6. The third-order valence-electron chi connectivity index (χ3n) is 3.14. The minimum Gasteiger partial charge on any atom is -0.330 e. The number of anilines is 1. The van der Waals surface area contributed by atoms with Gasteiger partial charge >= 0.3 is 0 Å². The lowest BCUT2D eigenvalue weighted by atomic mass is 10.1. The fourth-order valence-corrected chi connectivity index (χ4v) is 2.72. The molecule has 7 heteroatoms. The van der Waals surface area contributed by atoms with E-state index in [0.717, 1.165) is 29.2 Å². The van der Waals surface area contributed by atoms with Crippen molar-refractivity contribution in [2.45, 2.75) is 32.2 Å². The molecule has 0 spiro atoms. The second-order valence-electron chi connectivity index (χ2n) is 5.08. The fraction of sp³-hybridized carbons (Fsp3) is 0.400. The zero-order valence-electron chi connectivity index (χ0n) is 12.6. The minimum atomic E-state index is -0.542. The summed E-state index contributed by atoms with van der Waals surface area (Å²) in [6, 6.07) is 4.91. The first-order chi connectivity index (χ1) is 10.6. The summed E-state index contributed by atoms with van der Waals surface area (Å²) in [5.74, 6) is 0.265. The first-order valence-corrected chi connectivity index (χ1v) is 8.14. The van der Waals surface area contributed by atoms with Crippen LogP contribution in [0.1, 0.15) is 25.0 Å². The van der Waals surface area contributed by atoms with Crippen molar-refractivity contribution in [2.24, 2.45) is 11.5 Å². The molecule has 0 aliphatic carbocycles. The van der Waals surface area contributed by atoms with E-state index in [-0.39, 0.29) is 5.91 Å². The van der Waals surface area contributed by atoms with Crippen LogP contribution in [0, 0.1) is 6.92 Å². The van der Waals surface area contributed by atoms with E-state index in [4.69, 9.17) is 11.5 Å². The van der Waals surface area contributed by atoms with Crippen LogP contribution in [0.5, 0.6) is 0 Å². The summed E-state index contributed by atoms with van der Waals surface area (Å²) in [5.41, 5.74) is 13.0. The number of aryl methyl sites for hydroxylation is 1. The van der Waals surface area contributed by atoms with E-state index in [2.05, 4.69) is 15.3 Å². The topological polar surface area (TPSA) is 107 Å². The molecule has 1 amide bonds. The Labute approximate surface area is 134 Å². The summed E-state index contributed by atoms with van der Waals surface area (Å²) in [4.78, 5) is 20.8. The number of pyridine rings is 1. The Hall–Kier alpha value is -1.83. The maximum atomic E-state index is 12.0. The lowest BCUT2D eigenvalue weighted by Gasteiger charge is -2.11. The van der Waals surface area contributed by atoms with Gasteiger partial charge in [0.25, 0.3) is 0 Å². The molecule has 5 N–H and O–H groups in total. The molecule has 1 atom stereocenters. The van der Waals surface area contributed by atoms with E-state index in [1.807, 2.05) is 24.4 Å². The van der Waals surface area contributed by atoms with Crippen molar-refractivity contribution >= 4 is 23.1 Å². The normalized spacial score (nSPS) is 12.1. The molecule has 2 rings (SSSR count). The van der Waals surface area contributed by atoms with Gasteiger partial charge in [-0.2, -0.15) is 0 Å². The standard InChI is InChI=1S/C15H21N5OS/c1-10-9-22-15(18-10)12-6-4-7-13(19-12)20-14(21)11(17)5-2-3-8-16/h4,6-7,9,11H,2-3,5,8,16-17H2,1H3,(H,19,20,21)/t11-/m0/s1. The van der Waals surface area contributed by atoms with Gasteiger partial charge in [0.2, 0.25) is 5.91 Å². The molecule has 2 aromatic rings. The summed E-state index contributed by atoms with van der Waals surface area (Å²) in [6.07, 6.45) is 2.34. The highest BCUT2D eigenvalue weighted by Crippen LogP contribution is 2.22. The molecule has 0 aromatic carbocycles. The van der Waals surface area contributed by atoms with Crippen molar-refractivity contribution in [3.63, 3.8) is 0 Å². The zero-order chi connectivity index (χ0) is 15.9. The SMILES string of the molecule is Cc1csc(-c2cccc(NC(=O)[C@@H](N)CCCCN)n2)n1. The molecular weight excluding hydrogens is 298 g/mol. The Balaban J connectivity index is 1.99. The van der Waals surface area contributed by atoms with Gasteiger partial charge in [-0.3, -0.25) is 4.79 Å². The van der Waals surface area contributed by atoms with Gasteiger partial charge in [0.1, 0.15) is 16.5 Å². The summed E-state index contributed by atoms with van der Waals surface area (Å²) >= 11 is 1.53. The molecule has 0 unspecified atom stereocenters. The van der Waals surface area contributed by atoms with Crippen LogP contribution in [0.25, 0.3) is 10.7 Å². The van der Waals surface area contributed by atoms with Crippen LogP contribution in [-0.4, -0.2) is 28.5 Å². The number of carbonyl (C=O) groups excluding carboxylic acids is 1. The Morgan fingerprint density at radius 3 is 2.86 bits per heavy atom. The summed E-state index contributed by atoms with van der Waals surface area (Å²) in [7, 11) is 0. The van der Waals surface area contributed by atoms with E-state index in [1.165, 1.54) is 11.3 Å². The molecule has 6 nitrogen and oxygen atoms in total. The molecule has 2 aromatic heterocycles. The van der Waals surface area contributed by atoms with Crippen molar-refractivity contribution in [1.29, 1.82) is 0 Å². The molecule has 118 valence electrons. The first kappa shape index (κ1) is 16.5. The van der Waals surface area contributed by atoms with E-state index in [9.17, 15) is 4.79 Å². The number of carbonyl (C=O) groups is 1. The van der Waals surface area contributed by atoms with Gasteiger partial charge in [-0.25, -0.2) is 9.97 Å².